The van der Waals surface area contributed by atoms with E-state index in [2.05, 4.69) is 5.32 Å². The van der Waals surface area contributed by atoms with Gasteiger partial charge in [-0.05, 0) is 77.6 Å². The molecule has 0 radical (unpaired) electrons. The molecule has 1 heterocycles. The second-order valence-electron chi connectivity index (χ2n) is 11.5. The molecule has 1 aliphatic heterocycles. The largest absolute Gasteiger partial charge is 0.481 e. The number of likely N-dealkylation sites (tertiary alicyclic amines) is 1. The van der Waals surface area contributed by atoms with Crippen molar-refractivity contribution in [3.05, 3.63) is 94.6 Å². The number of nitrogens with one attached hydrogen (secondary N) is 1. The molecule has 0 aromatic heterocycles. The number of amides is 2. The summed E-state index contributed by atoms with van der Waals surface area (Å²) in [5, 5.41) is 12.4. The molecule has 0 unspecified atom stereocenters. The van der Waals surface area contributed by atoms with Gasteiger partial charge in [-0.25, -0.2) is 8.78 Å². The van der Waals surface area contributed by atoms with Crippen LogP contribution in [0.5, 0.6) is 0 Å². The molecule has 3 aromatic carbocycles. The molecule has 8 heteroatoms. The van der Waals surface area contributed by atoms with Crippen molar-refractivity contribution in [1.82, 2.24) is 10.2 Å². The minimum absolute atomic E-state index is 0.107. The Balaban J connectivity index is 1.51. The third-order valence-electron chi connectivity index (χ3n) is 8.66. The fourth-order valence-corrected chi connectivity index (χ4v) is 6.49. The molecule has 1 aliphatic carbocycles. The van der Waals surface area contributed by atoms with Gasteiger partial charge in [0.2, 0.25) is 5.91 Å². The zero-order chi connectivity index (χ0) is 28.9. The van der Waals surface area contributed by atoms with E-state index in [0.717, 1.165) is 17.2 Å². The molecule has 3 aromatic rings. The quantitative estimate of drug-likeness (QED) is 0.399. The predicted octanol–water partition coefficient (Wildman–Crippen LogP) is 5.68. The number of nitrogens with zero attached hydrogens (tertiary/aromatic N) is 1. The second kappa shape index (κ2) is 10.2. The SMILES string of the molecule is Cc1cccc(C)c1-c1cc(F)c(F)c([C@H](CC(=O)O)NC(=O)[C@@H]2[C@@H]3[C@H](CN2C(=O)c2ccccc2)C3(C)C)c1. The van der Waals surface area contributed by atoms with Gasteiger partial charge < -0.3 is 15.3 Å². The summed E-state index contributed by atoms with van der Waals surface area (Å²) in [6.07, 6.45) is -0.658. The highest BCUT2D eigenvalue weighted by Crippen LogP contribution is 2.65. The van der Waals surface area contributed by atoms with Crippen molar-refractivity contribution < 1.29 is 28.3 Å². The third-order valence-corrected chi connectivity index (χ3v) is 8.66. The van der Waals surface area contributed by atoms with Crippen LogP contribution in [-0.2, 0) is 9.59 Å². The molecule has 0 bridgehead atoms. The highest BCUT2D eigenvalue weighted by molar-refractivity contribution is 5.98. The number of aryl methyl sites for hydroxylation is 2. The molecule has 1 saturated carbocycles. The molecule has 4 atom stereocenters. The fourth-order valence-electron chi connectivity index (χ4n) is 6.49. The van der Waals surface area contributed by atoms with Crippen LogP contribution in [0.1, 0.15) is 53.4 Å². The van der Waals surface area contributed by atoms with Crippen molar-refractivity contribution >= 4 is 17.8 Å². The van der Waals surface area contributed by atoms with Gasteiger partial charge in [-0.2, -0.15) is 0 Å². The van der Waals surface area contributed by atoms with Gasteiger partial charge >= 0.3 is 5.97 Å². The number of piperidine rings is 1. The molecule has 208 valence electrons. The lowest BCUT2D eigenvalue weighted by molar-refractivity contribution is -0.138. The smallest absolute Gasteiger partial charge is 0.305 e. The summed E-state index contributed by atoms with van der Waals surface area (Å²) in [5.74, 6) is -4.53. The van der Waals surface area contributed by atoms with E-state index < -0.39 is 42.0 Å². The molecule has 40 heavy (non-hydrogen) atoms. The summed E-state index contributed by atoms with van der Waals surface area (Å²) in [7, 11) is 0. The number of halogens is 2. The molecule has 1 saturated heterocycles. The molecule has 5 rings (SSSR count). The number of rotatable bonds is 7. The van der Waals surface area contributed by atoms with Crippen molar-refractivity contribution in [3.63, 3.8) is 0 Å². The Kier molecular flexibility index (Phi) is 6.98. The molecule has 2 fully saturated rings. The van der Waals surface area contributed by atoms with Crippen LogP contribution in [0.15, 0.2) is 60.7 Å². The first-order valence-corrected chi connectivity index (χ1v) is 13.4. The summed E-state index contributed by atoms with van der Waals surface area (Å²) < 4.78 is 30.2. The number of carbonyl (C=O) groups is 3. The Morgan fingerprint density at radius 3 is 2.30 bits per heavy atom. The normalized spacial score (nSPS) is 21.4. The van der Waals surface area contributed by atoms with Gasteiger partial charge in [0.05, 0.1) is 12.5 Å². The number of carboxylic acid groups (broad SMARTS) is 1. The van der Waals surface area contributed by atoms with Crippen LogP contribution in [-0.4, -0.2) is 40.4 Å². The fraction of sp³-hybridized carbons (Fsp3) is 0.344. The van der Waals surface area contributed by atoms with Crippen molar-refractivity contribution in [2.45, 2.75) is 46.2 Å². The van der Waals surface area contributed by atoms with Gasteiger partial charge in [-0.1, -0.05) is 50.2 Å². The van der Waals surface area contributed by atoms with Crippen LogP contribution in [0.3, 0.4) is 0 Å². The minimum atomic E-state index is -1.35. The highest BCUT2D eigenvalue weighted by Gasteiger charge is 2.69. The molecule has 0 spiro atoms. The number of hydrogen-bond acceptors (Lipinski definition) is 3. The minimum Gasteiger partial charge on any atom is -0.481 e. The molecule has 2 aliphatic rings. The van der Waals surface area contributed by atoms with Crippen molar-refractivity contribution in [3.8, 4) is 11.1 Å². The van der Waals surface area contributed by atoms with Crippen molar-refractivity contribution in [2.75, 3.05) is 6.54 Å². The lowest BCUT2D eigenvalue weighted by Crippen LogP contribution is -2.50. The number of aliphatic carboxylic acids is 1. The predicted molar refractivity (Wildman–Crippen MR) is 146 cm³/mol. The van der Waals surface area contributed by atoms with E-state index in [9.17, 15) is 23.9 Å². The summed E-state index contributed by atoms with van der Waals surface area (Å²) in [4.78, 5) is 40.6. The van der Waals surface area contributed by atoms with E-state index in [-0.39, 0.29) is 28.7 Å². The Labute approximate surface area is 232 Å². The van der Waals surface area contributed by atoms with Crippen molar-refractivity contribution in [1.29, 1.82) is 0 Å². The van der Waals surface area contributed by atoms with E-state index in [1.165, 1.54) is 11.0 Å². The van der Waals surface area contributed by atoms with Crippen LogP contribution >= 0.6 is 0 Å². The van der Waals surface area contributed by atoms with Gasteiger partial charge in [0.15, 0.2) is 11.6 Å². The topological polar surface area (TPSA) is 86.7 Å². The number of hydrogen-bond donors (Lipinski definition) is 2. The first kappa shape index (κ1) is 27.5. The summed E-state index contributed by atoms with van der Waals surface area (Å²) >= 11 is 0. The Morgan fingerprint density at radius 2 is 1.68 bits per heavy atom. The van der Waals surface area contributed by atoms with Gasteiger partial charge in [-0.15, -0.1) is 0 Å². The number of carboxylic acids is 1. The molecule has 2 amide bonds. The van der Waals surface area contributed by atoms with Crippen LogP contribution in [0.2, 0.25) is 0 Å². The van der Waals surface area contributed by atoms with Crippen LogP contribution < -0.4 is 5.32 Å². The zero-order valence-electron chi connectivity index (χ0n) is 22.9. The summed E-state index contributed by atoms with van der Waals surface area (Å²) in [5.41, 5.74) is 2.80. The Bertz CT molecular complexity index is 1480. The highest BCUT2D eigenvalue weighted by atomic mass is 19.2. The maximum atomic E-state index is 15.3. The number of carbonyl (C=O) groups excluding carboxylic acids is 2. The van der Waals surface area contributed by atoms with E-state index >= 15 is 4.39 Å². The standard InChI is InChI=1S/C32H32F2N2O4/c1-17-9-8-10-18(2)26(17)20-13-21(28(34)23(33)14-20)24(15-25(37)38)35-30(39)29-27-22(32(27,3)4)16-36(29)31(40)19-11-6-5-7-12-19/h5-14,22,24,27,29H,15-16H2,1-4H3,(H,35,39)(H,37,38)/t22-,24-,27-,29-/m0/s1. The molecule has 2 N–H and O–H groups in total. The molecule has 6 nitrogen and oxygen atoms in total. The summed E-state index contributed by atoms with van der Waals surface area (Å²) in [6.45, 7) is 8.16. The number of benzene rings is 3. The van der Waals surface area contributed by atoms with Crippen LogP contribution in [0.4, 0.5) is 8.78 Å². The average molecular weight is 547 g/mol. The van der Waals surface area contributed by atoms with E-state index in [4.69, 9.17) is 0 Å². The Morgan fingerprint density at radius 1 is 1.02 bits per heavy atom. The zero-order valence-corrected chi connectivity index (χ0v) is 22.9. The van der Waals surface area contributed by atoms with E-state index in [0.29, 0.717) is 23.2 Å². The lowest BCUT2D eigenvalue weighted by atomic mass is 9.91. The van der Waals surface area contributed by atoms with Crippen molar-refractivity contribution in [2.24, 2.45) is 17.3 Å². The average Bonchev–Trinajstić information content (AvgIpc) is 3.22. The monoisotopic (exact) mass is 546 g/mol. The number of fused-ring (bicyclic) bond motifs is 1. The van der Waals surface area contributed by atoms with Gasteiger partial charge in [0.25, 0.3) is 5.91 Å². The maximum absolute atomic E-state index is 15.3. The van der Waals surface area contributed by atoms with Gasteiger partial charge in [0, 0.05) is 17.7 Å². The Hall–Kier alpha value is -4.07. The first-order valence-electron chi connectivity index (χ1n) is 13.4. The molecular weight excluding hydrogens is 514 g/mol. The third kappa shape index (κ3) is 4.76. The van der Waals surface area contributed by atoms with Crippen LogP contribution in [0, 0.1) is 42.7 Å². The van der Waals surface area contributed by atoms with Gasteiger partial charge in [-0.3, -0.25) is 14.4 Å². The summed E-state index contributed by atoms with van der Waals surface area (Å²) in [6, 6.07) is 14.5. The molecular formula is C32H32F2N2O4. The van der Waals surface area contributed by atoms with Gasteiger partial charge in [0.1, 0.15) is 6.04 Å². The van der Waals surface area contributed by atoms with E-state index in [1.54, 1.807) is 30.3 Å². The lowest BCUT2D eigenvalue weighted by Gasteiger charge is -2.31. The first-order chi connectivity index (χ1) is 18.9. The maximum Gasteiger partial charge on any atom is 0.305 e. The second-order valence-corrected chi connectivity index (χ2v) is 11.5. The van der Waals surface area contributed by atoms with Crippen LogP contribution in [0.25, 0.3) is 11.1 Å². The van der Waals surface area contributed by atoms with E-state index in [1.807, 2.05) is 45.9 Å².